The maximum atomic E-state index is 12.9. The zero-order valence-corrected chi connectivity index (χ0v) is 18.5. The zero-order valence-electron chi connectivity index (χ0n) is 17.7. The molecule has 0 spiro atoms. The van der Waals surface area contributed by atoms with Crippen molar-refractivity contribution in [2.75, 3.05) is 33.4 Å². The summed E-state index contributed by atoms with van der Waals surface area (Å²) in [5.74, 6) is 0.625. The van der Waals surface area contributed by atoms with E-state index in [1.54, 1.807) is 21.0 Å². The second-order valence-electron chi connectivity index (χ2n) is 7.65. The number of aryl methyl sites for hydroxylation is 2. The van der Waals surface area contributed by atoms with Crippen molar-refractivity contribution >= 4 is 15.9 Å². The monoisotopic (exact) mass is 435 g/mol. The van der Waals surface area contributed by atoms with E-state index in [-0.39, 0.29) is 10.8 Å². The molecule has 0 aliphatic carbocycles. The number of benzene rings is 1. The molecule has 1 aliphatic heterocycles. The molecule has 8 nitrogen and oxygen atoms in total. The third-order valence-electron chi connectivity index (χ3n) is 5.47. The minimum absolute atomic E-state index is 0.114. The number of nitrogens with one attached hydrogen (secondary N) is 1. The Morgan fingerprint density at radius 3 is 2.47 bits per heavy atom. The van der Waals surface area contributed by atoms with Gasteiger partial charge < -0.3 is 14.6 Å². The van der Waals surface area contributed by atoms with Gasteiger partial charge in [-0.2, -0.15) is 4.31 Å². The van der Waals surface area contributed by atoms with Gasteiger partial charge in [-0.15, -0.1) is 0 Å². The molecule has 2 aromatic rings. The Hall–Kier alpha value is -2.23. The lowest BCUT2D eigenvalue weighted by Gasteiger charge is -2.31. The zero-order chi connectivity index (χ0) is 21.7. The van der Waals surface area contributed by atoms with E-state index in [4.69, 9.17) is 9.26 Å². The summed E-state index contributed by atoms with van der Waals surface area (Å²) < 4.78 is 37.4. The highest BCUT2D eigenvalue weighted by atomic mass is 32.2. The van der Waals surface area contributed by atoms with Crippen LogP contribution in [0.25, 0.3) is 0 Å². The van der Waals surface area contributed by atoms with Crippen LogP contribution < -0.4 is 5.32 Å². The molecule has 1 aromatic heterocycles. The van der Waals surface area contributed by atoms with Crippen molar-refractivity contribution in [1.82, 2.24) is 14.8 Å². The van der Waals surface area contributed by atoms with E-state index >= 15 is 0 Å². The van der Waals surface area contributed by atoms with Gasteiger partial charge in [0, 0.05) is 32.3 Å². The van der Waals surface area contributed by atoms with Crippen LogP contribution >= 0.6 is 0 Å². The van der Waals surface area contributed by atoms with Crippen molar-refractivity contribution < 1.29 is 22.5 Å². The van der Waals surface area contributed by atoms with Gasteiger partial charge >= 0.3 is 0 Å². The Morgan fingerprint density at radius 2 is 1.90 bits per heavy atom. The lowest BCUT2D eigenvalue weighted by atomic mass is 9.91. The Balaban J connectivity index is 1.54. The summed E-state index contributed by atoms with van der Waals surface area (Å²) in [4.78, 5) is 12.3. The lowest BCUT2D eigenvalue weighted by Crippen LogP contribution is -2.39. The van der Waals surface area contributed by atoms with Crippen molar-refractivity contribution in [3.05, 3.63) is 46.8 Å². The number of sulfonamides is 1. The van der Waals surface area contributed by atoms with Gasteiger partial charge in [0.05, 0.1) is 6.61 Å². The van der Waals surface area contributed by atoms with Crippen LogP contribution in [0.3, 0.4) is 0 Å². The number of amides is 1. The second kappa shape index (κ2) is 9.72. The van der Waals surface area contributed by atoms with E-state index in [1.807, 2.05) is 24.3 Å². The number of hydrogen-bond donors (Lipinski definition) is 1. The van der Waals surface area contributed by atoms with E-state index in [1.165, 1.54) is 4.31 Å². The molecule has 3 rings (SSSR count). The molecule has 9 heteroatoms. The highest BCUT2D eigenvalue weighted by molar-refractivity contribution is 7.89. The van der Waals surface area contributed by atoms with Gasteiger partial charge in [0.1, 0.15) is 10.6 Å². The summed E-state index contributed by atoms with van der Waals surface area (Å²) in [6, 6.07) is 7.60. The molecule has 1 fully saturated rings. The largest absolute Gasteiger partial charge is 0.383 e. The van der Waals surface area contributed by atoms with E-state index in [9.17, 15) is 13.2 Å². The van der Waals surface area contributed by atoms with Gasteiger partial charge in [-0.3, -0.25) is 4.79 Å². The first kappa shape index (κ1) is 22.5. The van der Waals surface area contributed by atoms with Gasteiger partial charge in [0.25, 0.3) is 5.91 Å². The Morgan fingerprint density at radius 1 is 1.23 bits per heavy atom. The molecule has 0 saturated carbocycles. The van der Waals surface area contributed by atoms with Crippen molar-refractivity contribution in [2.24, 2.45) is 5.92 Å². The van der Waals surface area contributed by atoms with Crippen LogP contribution in [0.5, 0.6) is 0 Å². The van der Waals surface area contributed by atoms with Gasteiger partial charge in [-0.25, -0.2) is 8.42 Å². The normalized spacial score (nSPS) is 16.0. The maximum absolute atomic E-state index is 12.9. The van der Waals surface area contributed by atoms with Crippen LogP contribution in [-0.4, -0.2) is 57.1 Å². The molecule has 1 amide bonds. The van der Waals surface area contributed by atoms with Crippen LogP contribution in [0, 0.1) is 19.8 Å². The molecule has 2 heterocycles. The number of nitrogens with zero attached hydrogens (tertiary/aromatic N) is 2. The topological polar surface area (TPSA) is 102 Å². The first-order valence-corrected chi connectivity index (χ1v) is 11.6. The number of methoxy groups -OCH3 is 1. The third kappa shape index (κ3) is 5.08. The maximum Gasteiger partial charge on any atom is 0.251 e. The van der Waals surface area contributed by atoms with E-state index < -0.39 is 10.0 Å². The molecule has 0 atom stereocenters. The van der Waals surface area contributed by atoms with Crippen molar-refractivity contribution in [2.45, 2.75) is 38.0 Å². The predicted octanol–water partition coefficient (Wildman–Crippen LogP) is 2.31. The van der Waals surface area contributed by atoms with Crippen molar-refractivity contribution in [3.63, 3.8) is 0 Å². The van der Waals surface area contributed by atoms with Crippen LogP contribution in [0.15, 0.2) is 33.7 Å². The molecular weight excluding hydrogens is 406 g/mol. The van der Waals surface area contributed by atoms with Crippen molar-refractivity contribution in [1.29, 1.82) is 0 Å². The number of ether oxygens (including phenoxy) is 1. The Labute approximate surface area is 177 Å². The SMILES string of the molecule is COCCNC(=O)c1ccc(CC2CCN(S(=O)(=O)c3c(C)noc3C)CC2)cc1. The Kier molecular flexibility index (Phi) is 7.27. The molecule has 0 unspecified atom stereocenters. The van der Waals surface area contributed by atoms with Gasteiger partial charge in [0.2, 0.25) is 10.0 Å². The fraction of sp³-hybridized carbons (Fsp3) is 0.524. The summed E-state index contributed by atoms with van der Waals surface area (Å²) >= 11 is 0. The average Bonchev–Trinajstić information content (AvgIpc) is 3.08. The molecule has 1 saturated heterocycles. The number of piperidine rings is 1. The number of carbonyl (C=O) groups is 1. The molecule has 0 radical (unpaired) electrons. The number of aromatic nitrogens is 1. The molecule has 1 N–H and O–H groups in total. The van der Waals surface area contributed by atoms with Gasteiger partial charge in [-0.1, -0.05) is 17.3 Å². The minimum atomic E-state index is -3.58. The molecule has 164 valence electrons. The summed E-state index contributed by atoms with van der Waals surface area (Å²) in [5.41, 5.74) is 2.17. The third-order valence-corrected chi connectivity index (χ3v) is 7.62. The van der Waals surface area contributed by atoms with Crippen molar-refractivity contribution in [3.8, 4) is 0 Å². The highest BCUT2D eigenvalue weighted by Crippen LogP contribution is 2.29. The number of carbonyl (C=O) groups excluding carboxylic acids is 1. The Bertz CT molecular complexity index is 942. The summed E-state index contributed by atoms with van der Waals surface area (Å²) in [6.45, 7) is 5.20. The van der Waals surface area contributed by atoms with Crippen LogP contribution in [0.4, 0.5) is 0 Å². The number of hydrogen-bond acceptors (Lipinski definition) is 6. The summed E-state index contributed by atoms with van der Waals surface area (Å²) in [5, 5.41) is 6.57. The van der Waals surface area contributed by atoms with Crippen LogP contribution in [0.1, 0.15) is 40.2 Å². The number of rotatable bonds is 8. The average molecular weight is 436 g/mol. The van der Waals surface area contributed by atoms with Crippen LogP contribution in [-0.2, 0) is 21.2 Å². The smallest absolute Gasteiger partial charge is 0.251 e. The van der Waals surface area contributed by atoms with E-state index in [2.05, 4.69) is 10.5 Å². The second-order valence-corrected chi connectivity index (χ2v) is 9.53. The minimum Gasteiger partial charge on any atom is -0.383 e. The quantitative estimate of drug-likeness (QED) is 0.639. The molecule has 0 bridgehead atoms. The molecule has 1 aliphatic rings. The molecule has 30 heavy (non-hydrogen) atoms. The fourth-order valence-corrected chi connectivity index (χ4v) is 5.58. The first-order chi connectivity index (χ1) is 14.3. The summed E-state index contributed by atoms with van der Waals surface area (Å²) in [6.07, 6.45) is 2.45. The first-order valence-electron chi connectivity index (χ1n) is 10.1. The standard InChI is InChI=1S/C21H29N3O5S/c1-15-20(16(2)29-23-15)30(26,27)24-11-8-18(9-12-24)14-17-4-6-19(7-5-17)21(25)22-10-13-28-3/h4-7,18H,8-14H2,1-3H3,(H,22,25). The molecule has 1 aromatic carbocycles. The fourth-order valence-electron chi connectivity index (χ4n) is 3.82. The molecular formula is C21H29N3O5S. The van der Waals surface area contributed by atoms with Gasteiger partial charge in [-0.05, 0) is 56.7 Å². The summed E-state index contributed by atoms with van der Waals surface area (Å²) in [7, 11) is -1.98. The van der Waals surface area contributed by atoms with E-state index in [0.717, 1.165) is 24.8 Å². The van der Waals surface area contributed by atoms with Crippen LogP contribution in [0.2, 0.25) is 0 Å². The van der Waals surface area contributed by atoms with E-state index in [0.29, 0.717) is 49.2 Å². The predicted molar refractivity (Wildman–Crippen MR) is 112 cm³/mol. The van der Waals surface area contributed by atoms with Gasteiger partial charge in [0.15, 0.2) is 5.76 Å². The highest BCUT2D eigenvalue weighted by Gasteiger charge is 2.33. The lowest BCUT2D eigenvalue weighted by molar-refractivity contribution is 0.0937.